The summed E-state index contributed by atoms with van der Waals surface area (Å²) in [5.41, 5.74) is 5.87. The molecule has 0 amide bonds. The topological polar surface area (TPSA) is 51.8 Å². The third-order valence-corrected chi connectivity index (χ3v) is 4.02. The van der Waals surface area contributed by atoms with Gasteiger partial charge in [-0.3, -0.25) is 0 Å². The Balaban J connectivity index is 2.26. The minimum atomic E-state index is 0.0289. The van der Waals surface area contributed by atoms with E-state index in [1.54, 1.807) is 22.7 Å². The number of nitrogens with zero attached hydrogens (tertiary/aromatic N) is 2. The molecule has 2 rings (SSSR count). The molecule has 3 nitrogen and oxygen atoms in total. The molecule has 0 saturated heterocycles. The van der Waals surface area contributed by atoms with Gasteiger partial charge in [-0.25, -0.2) is 0 Å². The highest BCUT2D eigenvalue weighted by atomic mass is 32.1. The molecule has 0 aliphatic heterocycles. The Labute approximate surface area is 90.6 Å². The number of nitrogens with two attached hydrogens (primary N) is 1. The number of rotatable bonds is 3. The van der Waals surface area contributed by atoms with Crippen molar-refractivity contribution >= 4 is 22.7 Å². The van der Waals surface area contributed by atoms with Crippen LogP contribution < -0.4 is 5.73 Å². The average molecular weight is 225 g/mol. The lowest BCUT2D eigenvalue weighted by Crippen LogP contribution is -2.07. The van der Waals surface area contributed by atoms with E-state index < -0.39 is 0 Å². The molecule has 0 fully saturated rings. The number of hydrogen-bond acceptors (Lipinski definition) is 5. The van der Waals surface area contributed by atoms with E-state index in [0.717, 1.165) is 21.3 Å². The highest BCUT2D eigenvalue weighted by Crippen LogP contribution is 2.29. The highest BCUT2D eigenvalue weighted by molar-refractivity contribution is 7.20. The third-order valence-electron chi connectivity index (χ3n) is 1.93. The summed E-state index contributed by atoms with van der Waals surface area (Å²) in [7, 11) is 0. The quantitative estimate of drug-likeness (QED) is 0.873. The van der Waals surface area contributed by atoms with Gasteiger partial charge in [-0.05, 0) is 17.9 Å². The smallest absolute Gasteiger partial charge is 0.157 e. The summed E-state index contributed by atoms with van der Waals surface area (Å²) in [6.45, 7) is 2.05. The van der Waals surface area contributed by atoms with Crippen LogP contribution in [0.4, 0.5) is 0 Å². The predicted molar refractivity (Wildman–Crippen MR) is 60.4 cm³/mol. The third kappa shape index (κ3) is 1.84. The van der Waals surface area contributed by atoms with Crippen LogP contribution in [-0.4, -0.2) is 10.2 Å². The summed E-state index contributed by atoms with van der Waals surface area (Å²) in [4.78, 5) is 1.16. The fraction of sp³-hybridized carbons (Fsp3) is 0.333. The van der Waals surface area contributed by atoms with Gasteiger partial charge >= 0.3 is 0 Å². The Kier molecular flexibility index (Phi) is 2.90. The maximum absolute atomic E-state index is 5.87. The molecule has 0 aromatic carbocycles. The summed E-state index contributed by atoms with van der Waals surface area (Å²) < 4.78 is 0. The van der Waals surface area contributed by atoms with Crippen LogP contribution in [-0.2, 0) is 0 Å². The average Bonchev–Trinajstić information content (AvgIpc) is 2.86. The molecule has 2 heterocycles. The minimum Gasteiger partial charge on any atom is -0.322 e. The maximum Gasteiger partial charge on any atom is 0.157 e. The predicted octanol–water partition coefficient (Wildman–Crippen LogP) is 2.68. The zero-order valence-electron chi connectivity index (χ0n) is 7.80. The summed E-state index contributed by atoms with van der Waals surface area (Å²) in [5, 5.41) is 12.2. The molecular formula is C9H11N3S2. The first kappa shape index (κ1) is 9.76. The fourth-order valence-corrected chi connectivity index (χ4v) is 2.78. The van der Waals surface area contributed by atoms with E-state index in [4.69, 9.17) is 5.73 Å². The molecule has 2 aromatic heterocycles. The molecule has 0 spiro atoms. The fourth-order valence-electron chi connectivity index (χ4n) is 1.06. The van der Waals surface area contributed by atoms with Crippen molar-refractivity contribution in [1.82, 2.24) is 10.2 Å². The second-order valence-electron chi connectivity index (χ2n) is 2.94. The largest absolute Gasteiger partial charge is 0.322 e. The van der Waals surface area contributed by atoms with Gasteiger partial charge in [0.25, 0.3) is 0 Å². The van der Waals surface area contributed by atoms with Gasteiger partial charge in [0.15, 0.2) is 5.01 Å². The van der Waals surface area contributed by atoms with Gasteiger partial charge < -0.3 is 5.73 Å². The van der Waals surface area contributed by atoms with Gasteiger partial charge in [-0.2, -0.15) is 0 Å². The van der Waals surface area contributed by atoms with Crippen LogP contribution in [0.5, 0.6) is 0 Å². The van der Waals surface area contributed by atoms with E-state index in [1.165, 1.54) is 0 Å². The van der Waals surface area contributed by atoms with Crippen LogP contribution in [0, 0.1) is 0 Å². The Morgan fingerprint density at radius 3 is 3.00 bits per heavy atom. The Morgan fingerprint density at radius 1 is 1.50 bits per heavy atom. The SMILES string of the molecule is CCC(N)c1nnc(-c2cccs2)s1. The molecule has 0 aliphatic rings. The number of thiophene rings is 1. The molecule has 0 radical (unpaired) electrons. The second kappa shape index (κ2) is 4.16. The number of hydrogen-bond donors (Lipinski definition) is 1. The van der Waals surface area contributed by atoms with Gasteiger partial charge in [0.2, 0.25) is 0 Å². The van der Waals surface area contributed by atoms with Gasteiger partial charge in [0, 0.05) is 0 Å². The van der Waals surface area contributed by atoms with Gasteiger partial charge in [-0.1, -0.05) is 24.3 Å². The van der Waals surface area contributed by atoms with Crippen molar-refractivity contribution in [2.24, 2.45) is 5.73 Å². The Bertz CT molecular complexity index is 394. The van der Waals surface area contributed by atoms with Gasteiger partial charge in [0.05, 0.1) is 10.9 Å². The zero-order chi connectivity index (χ0) is 9.97. The first-order valence-corrected chi connectivity index (χ1v) is 6.13. The second-order valence-corrected chi connectivity index (χ2v) is 4.89. The molecule has 0 aliphatic carbocycles. The summed E-state index contributed by atoms with van der Waals surface area (Å²) >= 11 is 3.26. The first-order valence-electron chi connectivity index (χ1n) is 4.44. The van der Waals surface area contributed by atoms with E-state index in [9.17, 15) is 0 Å². The molecule has 1 unspecified atom stereocenters. The molecule has 0 bridgehead atoms. The van der Waals surface area contributed by atoms with Crippen LogP contribution in [0.25, 0.3) is 9.88 Å². The molecule has 0 saturated carbocycles. The van der Waals surface area contributed by atoms with Crippen LogP contribution in [0.15, 0.2) is 17.5 Å². The highest BCUT2D eigenvalue weighted by Gasteiger charge is 2.11. The summed E-state index contributed by atoms with van der Waals surface area (Å²) in [6.07, 6.45) is 0.902. The molecule has 2 N–H and O–H groups in total. The van der Waals surface area contributed by atoms with Crippen LogP contribution in [0.3, 0.4) is 0 Å². The maximum atomic E-state index is 5.87. The zero-order valence-corrected chi connectivity index (χ0v) is 9.44. The van der Waals surface area contributed by atoms with Crippen molar-refractivity contribution < 1.29 is 0 Å². The van der Waals surface area contributed by atoms with Crippen molar-refractivity contribution in [2.75, 3.05) is 0 Å². The van der Waals surface area contributed by atoms with Crippen molar-refractivity contribution in [3.05, 3.63) is 22.5 Å². The molecule has 5 heteroatoms. The molecule has 2 aromatic rings. The first-order chi connectivity index (χ1) is 6.81. The van der Waals surface area contributed by atoms with E-state index >= 15 is 0 Å². The molecule has 74 valence electrons. The van der Waals surface area contributed by atoms with E-state index in [-0.39, 0.29) is 6.04 Å². The van der Waals surface area contributed by atoms with E-state index in [0.29, 0.717) is 0 Å². The minimum absolute atomic E-state index is 0.0289. The summed E-state index contributed by atoms with van der Waals surface area (Å²) in [6, 6.07) is 4.09. The van der Waals surface area contributed by atoms with Crippen molar-refractivity contribution in [3.8, 4) is 9.88 Å². The lowest BCUT2D eigenvalue weighted by molar-refractivity contribution is 0.683. The van der Waals surface area contributed by atoms with Gasteiger partial charge in [0.1, 0.15) is 5.01 Å². The Hall–Kier alpha value is -0.780. The Morgan fingerprint density at radius 2 is 2.36 bits per heavy atom. The summed E-state index contributed by atoms with van der Waals surface area (Å²) in [5.74, 6) is 0. The van der Waals surface area contributed by atoms with Crippen molar-refractivity contribution in [1.29, 1.82) is 0 Å². The van der Waals surface area contributed by atoms with Crippen molar-refractivity contribution in [3.63, 3.8) is 0 Å². The lowest BCUT2D eigenvalue weighted by Gasteiger charge is -2.00. The van der Waals surface area contributed by atoms with Crippen LogP contribution >= 0.6 is 22.7 Å². The van der Waals surface area contributed by atoms with Gasteiger partial charge in [-0.15, -0.1) is 21.5 Å². The molecule has 14 heavy (non-hydrogen) atoms. The molecule has 1 atom stereocenters. The van der Waals surface area contributed by atoms with E-state index in [1.807, 2.05) is 17.5 Å². The van der Waals surface area contributed by atoms with Crippen molar-refractivity contribution in [2.45, 2.75) is 19.4 Å². The van der Waals surface area contributed by atoms with E-state index in [2.05, 4.69) is 17.1 Å². The normalized spacial score (nSPS) is 13.0. The lowest BCUT2D eigenvalue weighted by atomic mass is 10.3. The molecular weight excluding hydrogens is 214 g/mol. The number of aromatic nitrogens is 2. The van der Waals surface area contributed by atoms with Crippen LogP contribution in [0.1, 0.15) is 24.4 Å². The standard InChI is InChI=1S/C9H11N3S2/c1-2-6(10)8-11-12-9(14-8)7-4-3-5-13-7/h3-6H,2,10H2,1H3. The monoisotopic (exact) mass is 225 g/mol. The van der Waals surface area contributed by atoms with Crippen LogP contribution in [0.2, 0.25) is 0 Å².